The van der Waals surface area contributed by atoms with Gasteiger partial charge in [-0.1, -0.05) is 0 Å². The van der Waals surface area contributed by atoms with E-state index >= 15 is 0 Å². The van der Waals surface area contributed by atoms with Gasteiger partial charge in [-0.2, -0.15) is 0 Å². The Kier molecular flexibility index (Phi) is 5.20. The van der Waals surface area contributed by atoms with Crippen LogP contribution in [-0.2, 0) is 4.79 Å². The minimum Gasteiger partial charge on any atom is -0.497 e. The molecular weight excluding hydrogens is 260 g/mol. The number of nitrogens with zero attached hydrogens (tertiary/aromatic N) is 1. The van der Waals surface area contributed by atoms with Crippen LogP contribution in [0.3, 0.4) is 0 Å². The molecule has 0 aromatic heterocycles. The monoisotopic (exact) mass is 280 g/mol. The second-order valence-corrected chi connectivity index (χ2v) is 4.73. The van der Waals surface area contributed by atoms with Gasteiger partial charge in [0, 0.05) is 19.6 Å². The number of rotatable bonds is 6. The number of aliphatic hydroxyl groups is 1. The molecule has 0 unspecified atom stereocenters. The van der Waals surface area contributed by atoms with Gasteiger partial charge in [-0.05, 0) is 24.3 Å². The molecule has 1 fully saturated rings. The summed E-state index contributed by atoms with van der Waals surface area (Å²) >= 11 is 0. The molecule has 1 aromatic carbocycles. The van der Waals surface area contributed by atoms with Gasteiger partial charge in [-0.3, -0.25) is 9.69 Å². The first-order chi connectivity index (χ1) is 9.67. The molecule has 1 heterocycles. The molecule has 1 aliphatic rings. The summed E-state index contributed by atoms with van der Waals surface area (Å²) < 4.78 is 10.6. The van der Waals surface area contributed by atoms with Gasteiger partial charge in [0.2, 0.25) is 5.91 Å². The number of hydrogen-bond donors (Lipinski definition) is 2. The van der Waals surface area contributed by atoms with E-state index in [1.165, 1.54) is 0 Å². The van der Waals surface area contributed by atoms with Crippen LogP contribution in [0.15, 0.2) is 24.3 Å². The molecule has 110 valence electrons. The van der Waals surface area contributed by atoms with Crippen LogP contribution in [0.4, 0.5) is 0 Å². The Morgan fingerprint density at radius 3 is 2.70 bits per heavy atom. The first-order valence-corrected chi connectivity index (χ1v) is 6.61. The lowest BCUT2D eigenvalue weighted by molar-refractivity contribution is -0.124. The lowest BCUT2D eigenvalue weighted by atomic mass is 10.3. The first kappa shape index (κ1) is 14.6. The Balaban J connectivity index is 1.73. The second kappa shape index (κ2) is 7.12. The SMILES string of the molecule is COc1ccc(OC[C@@H](O)CN2CCNC(=O)C2)cc1. The maximum atomic E-state index is 11.2. The molecule has 0 radical (unpaired) electrons. The molecule has 0 bridgehead atoms. The molecule has 2 N–H and O–H groups in total. The van der Waals surface area contributed by atoms with Crippen LogP contribution in [-0.4, -0.2) is 61.9 Å². The van der Waals surface area contributed by atoms with Gasteiger partial charge in [0.1, 0.15) is 24.2 Å². The molecule has 2 rings (SSSR count). The fourth-order valence-electron chi connectivity index (χ4n) is 2.06. The standard InChI is InChI=1S/C14H20N2O4/c1-19-12-2-4-13(5-3-12)20-10-11(17)8-16-7-6-15-14(18)9-16/h2-5,11,17H,6-10H2,1H3,(H,15,18)/t11-/m0/s1. The number of carbonyl (C=O) groups excluding carboxylic acids is 1. The molecule has 6 nitrogen and oxygen atoms in total. The van der Waals surface area contributed by atoms with Crippen LogP contribution in [0.2, 0.25) is 0 Å². The average Bonchev–Trinajstić information content (AvgIpc) is 2.46. The molecule has 1 aliphatic heterocycles. The third-order valence-electron chi connectivity index (χ3n) is 3.09. The minimum absolute atomic E-state index is 0.000442. The normalized spacial score (nSPS) is 17.4. The van der Waals surface area contributed by atoms with Gasteiger partial charge < -0.3 is 19.9 Å². The first-order valence-electron chi connectivity index (χ1n) is 6.61. The second-order valence-electron chi connectivity index (χ2n) is 4.73. The Hall–Kier alpha value is -1.79. The molecule has 1 atom stereocenters. The number of carbonyl (C=O) groups is 1. The van der Waals surface area contributed by atoms with E-state index in [-0.39, 0.29) is 12.5 Å². The minimum atomic E-state index is -0.622. The van der Waals surface area contributed by atoms with Gasteiger partial charge in [-0.25, -0.2) is 0 Å². The summed E-state index contributed by atoms with van der Waals surface area (Å²) in [6.07, 6.45) is -0.622. The predicted octanol–water partition coefficient (Wildman–Crippen LogP) is -0.133. The highest BCUT2D eigenvalue weighted by atomic mass is 16.5. The highest BCUT2D eigenvalue weighted by Crippen LogP contribution is 2.17. The number of hydrogen-bond acceptors (Lipinski definition) is 5. The number of piperazine rings is 1. The van der Waals surface area contributed by atoms with Crippen molar-refractivity contribution in [1.29, 1.82) is 0 Å². The Labute approximate surface area is 118 Å². The summed E-state index contributed by atoms with van der Waals surface area (Å²) in [6.45, 7) is 2.35. The molecule has 0 saturated carbocycles. The lowest BCUT2D eigenvalue weighted by Crippen LogP contribution is -2.50. The van der Waals surface area contributed by atoms with E-state index in [9.17, 15) is 9.90 Å². The van der Waals surface area contributed by atoms with Crippen molar-refractivity contribution < 1.29 is 19.4 Å². The van der Waals surface area contributed by atoms with Crippen molar-refractivity contribution in [2.75, 3.05) is 39.9 Å². The lowest BCUT2D eigenvalue weighted by Gasteiger charge is -2.28. The van der Waals surface area contributed by atoms with Gasteiger partial charge in [-0.15, -0.1) is 0 Å². The fraction of sp³-hybridized carbons (Fsp3) is 0.500. The van der Waals surface area contributed by atoms with E-state index in [0.717, 1.165) is 12.3 Å². The summed E-state index contributed by atoms with van der Waals surface area (Å²) in [7, 11) is 1.61. The number of amides is 1. The van der Waals surface area contributed by atoms with E-state index in [2.05, 4.69) is 5.32 Å². The van der Waals surface area contributed by atoms with Gasteiger partial charge >= 0.3 is 0 Å². The van der Waals surface area contributed by atoms with Crippen LogP contribution in [0, 0.1) is 0 Å². The van der Waals surface area contributed by atoms with Gasteiger partial charge in [0.15, 0.2) is 0 Å². The van der Waals surface area contributed by atoms with Crippen molar-refractivity contribution >= 4 is 5.91 Å². The molecule has 0 aliphatic carbocycles. The van der Waals surface area contributed by atoms with Crippen LogP contribution in [0.1, 0.15) is 0 Å². The molecule has 1 saturated heterocycles. The van der Waals surface area contributed by atoms with E-state index in [1.807, 2.05) is 4.90 Å². The smallest absolute Gasteiger partial charge is 0.234 e. The molecular formula is C14H20N2O4. The third kappa shape index (κ3) is 4.40. The summed E-state index contributed by atoms with van der Waals surface area (Å²) in [5.41, 5.74) is 0. The largest absolute Gasteiger partial charge is 0.497 e. The van der Waals surface area contributed by atoms with Crippen molar-refractivity contribution in [2.24, 2.45) is 0 Å². The highest BCUT2D eigenvalue weighted by Gasteiger charge is 2.19. The zero-order valence-electron chi connectivity index (χ0n) is 11.5. The zero-order chi connectivity index (χ0) is 14.4. The Bertz CT molecular complexity index is 435. The fourth-order valence-corrected chi connectivity index (χ4v) is 2.06. The average molecular weight is 280 g/mol. The molecule has 1 aromatic rings. The summed E-state index contributed by atoms with van der Waals surface area (Å²) in [5, 5.41) is 12.7. The zero-order valence-corrected chi connectivity index (χ0v) is 11.5. The number of ether oxygens (including phenoxy) is 2. The number of nitrogens with one attached hydrogen (secondary N) is 1. The summed E-state index contributed by atoms with van der Waals surface area (Å²) in [6, 6.07) is 7.19. The molecule has 20 heavy (non-hydrogen) atoms. The van der Waals surface area contributed by atoms with Gasteiger partial charge in [0.05, 0.1) is 13.7 Å². The van der Waals surface area contributed by atoms with Crippen molar-refractivity contribution in [3.8, 4) is 11.5 Å². The Morgan fingerprint density at radius 2 is 2.05 bits per heavy atom. The number of methoxy groups -OCH3 is 1. The van der Waals surface area contributed by atoms with E-state index < -0.39 is 6.10 Å². The maximum Gasteiger partial charge on any atom is 0.234 e. The van der Waals surface area contributed by atoms with E-state index in [0.29, 0.717) is 25.4 Å². The molecule has 1 amide bonds. The van der Waals surface area contributed by atoms with Crippen molar-refractivity contribution in [3.63, 3.8) is 0 Å². The van der Waals surface area contributed by atoms with Crippen LogP contribution in [0.5, 0.6) is 11.5 Å². The van der Waals surface area contributed by atoms with Crippen LogP contribution < -0.4 is 14.8 Å². The highest BCUT2D eigenvalue weighted by molar-refractivity contribution is 5.78. The molecule has 0 spiro atoms. The maximum absolute atomic E-state index is 11.2. The number of benzene rings is 1. The van der Waals surface area contributed by atoms with Gasteiger partial charge in [0.25, 0.3) is 0 Å². The predicted molar refractivity (Wildman–Crippen MR) is 73.9 cm³/mol. The van der Waals surface area contributed by atoms with Crippen LogP contribution in [0.25, 0.3) is 0 Å². The van der Waals surface area contributed by atoms with Crippen molar-refractivity contribution in [3.05, 3.63) is 24.3 Å². The quantitative estimate of drug-likeness (QED) is 0.759. The number of aliphatic hydroxyl groups excluding tert-OH is 1. The third-order valence-corrected chi connectivity index (χ3v) is 3.09. The topological polar surface area (TPSA) is 71.0 Å². The van der Waals surface area contributed by atoms with E-state index in [1.54, 1.807) is 31.4 Å². The summed E-state index contributed by atoms with van der Waals surface area (Å²) in [4.78, 5) is 13.1. The van der Waals surface area contributed by atoms with Crippen LogP contribution >= 0.6 is 0 Å². The van der Waals surface area contributed by atoms with E-state index in [4.69, 9.17) is 9.47 Å². The number of β-amino-alcohol motifs (C(OH)–C–C–N with tert-alkyl or cyclic N) is 1. The summed E-state index contributed by atoms with van der Waals surface area (Å²) in [5.74, 6) is 1.44. The van der Waals surface area contributed by atoms with Crippen molar-refractivity contribution in [2.45, 2.75) is 6.10 Å². The molecule has 6 heteroatoms. The Morgan fingerprint density at radius 1 is 1.35 bits per heavy atom. The van der Waals surface area contributed by atoms with Crippen molar-refractivity contribution in [1.82, 2.24) is 10.2 Å².